The van der Waals surface area contributed by atoms with E-state index in [0.717, 1.165) is 22.4 Å². The van der Waals surface area contributed by atoms with Gasteiger partial charge in [-0.15, -0.1) is 10.2 Å². The summed E-state index contributed by atoms with van der Waals surface area (Å²) in [5.41, 5.74) is 4.57. The molecule has 11 heteroatoms. The summed E-state index contributed by atoms with van der Waals surface area (Å²) in [5, 5.41) is 15.7. The molecule has 1 unspecified atom stereocenters. The van der Waals surface area contributed by atoms with Gasteiger partial charge in [-0.2, -0.15) is 4.80 Å². The van der Waals surface area contributed by atoms with Crippen LogP contribution in [-0.2, 0) is 18.2 Å². The van der Waals surface area contributed by atoms with Crippen molar-refractivity contribution < 1.29 is 18.8 Å². The third-order valence-corrected chi connectivity index (χ3v) is 5.62. The quantitative estimate of drug-likeness (QED) is 0.468. The van der Waals surface area contributed by atoms with Gasteiger partial charge in [0.05, 0.1) is 18.8 Å². The van der Waals surface area contributed by atoms with E-state index in [1.807, 2.05) is 24.3 Å². The SMILES string of the molecule is Cn1nnc(-c2ccc(-c3ccc4c(c3)CC3[C@H](COc5ccon5)OC(=O)N43)cn2)n1. The Hall–Kier alpha value is -4.28. The molecule has 0 N–H and O–H groups in total. The first-order valence-corrected chi connectivity index (χ1v) is 10.0. The molecule has 160 valence electrons. The first-order chi connectivity index (χ1) is 15.7. The topological polar surface area (TPSA) is 121 Å². The van der Waals surface area contributed by atoms with E-state index in [-0.39, 0.29) is 18.7 Å². The fourth-order valence-electron chi connectivity index (χ4n) is 4.13. The molecule has 0 saturated carbocycles. The molecule has 1 amide bonds. The van der Waals surface area contributed by atoms with Crippen LogP contribution in [0.15, 0.2) is 53.4 Å². The summed E-state index contributed by atoms with van der Waals surface area (Å²) in [6.45, 7) is 0.210. The van der Waals surface area contributed by atoms with Crippen molar-refractivity contribution in [2.45, 2.75) is 18.6 Å². The number of carbonyl (C=O) groups is 1. The number of aromatic nitrogens is 6. The lowest BCUT2D eigenvalue weighted by molar-refractivity contribution is 0.0886. The Balaban J connectivity index is 1.22. The summed E-state index contributed by atoms with van der Waals surface area (Å²) in [7, 11) is 1.71. The van der Waals surface area contributed by atoms with Gasteiger partial charge in [0.2, 0.25) is 5.82 Å². The zero-order valence-corrected chi connectivity index (χ0v) is 17.0. The van der Waals surface area contributed by atoms with Crippen molar-refractivity contribution >= 4 is 11.8 Å². The molecule has 3 aromatic heterocycles. The zero-order valence-electron chi connectivity index (χ0n) is 17.0. The lowest BCUT2D eigenvalue weighted by Gasteiger charge is -2.16. The molecule has 5 heterocycles. The number of rotatable bonds is 5. The van der Waals surface area contributed by atoms with E-state index in [9.17, 15) is 4.79 Å². The van der Waals surface area contributed by atoms with E-state index >= 15 is 0 Å². The first-order valence-electron chi connectivity index (χ1n) is 10.0. The van der Waals surface area contributed by atoms with Gasteiger partial charge in [0.15, 0.2) is 6.10 Å². The molecule has 2 aliphatic heterocycles. The van der Waals surface area contributed by atoms with Crippen molar-refractivity contribution in [2.75, 3.05) is 11.5 Å². The molecule has 6 rings (SSSR count). The molecule has 4 aromatic rings. The van der Waals surface area contributed by atoms with Crippen LogP contribution in [0.2, 0.25) is 0 Å². The van der Waals surface area contributed by atoms with Gasteiger partial charge in [0.25, 0.3) is 5.88 Å². The molecule has 1 fully saturated rings. The van der Waals surface area contributed by atoms with Crippen LogP contribution < -0.4 is 9.64 Å². The number of cyclic esters (lactones) is 1. The number of benzene rings is 1. The number of tetrazole rings is 1. The van der Waals surface area contributed by atoms with Gasteiger partial charge in [-0.1, -0.05) is 12.1 Å². The maximum atomic E-state index is 12.5. The number of ether oxygens (including phenoxy) is 2. The third kappa shape index (κ3) is 3.06. The summed E-state index contributed by atoms with van der Waals surface area (Å²) in [5.74, 6) is 0.843. The van der Waals surface area contributed by atoms with Crippen molar-refractivity contribution in [3.8, 4) is 28.5 Å². The molecule has 1 aromatic carbocycles. The maximum Gasteiger partial charge on any atom is 0.415 e. The summed E-state index contributed by atoms with van der Waals surface area (Å²) in [6.07, 6.45) is 3.14. The first kappa shape index (κ1) is 18.5. The Morgan fingerprint density at radius 3 is 2.84 bits per heavy atom. The van der Waals surface area contributed by atoms with Gasteiger partial charge in [0.1, 0.15) is 18.6 Å². The second-order valence-corrected chi connectivity index (χ2v) is 7.59. The van der Waals surface area contributed by atoms with Crippen LogP contribution in [0.3, 0.4) is 0 Å². The average Bonchev–Trinajstić information content (AvgIpc) is 3.58. The smallest absolute Gasteiger partial charge is 0.415 e. The number of carbonyl (C=O) groups excluding carboxylic acids is 1. The number of amides is 1. The van der Waals surface area contributed by atoms with Gasteiger partial charge in [-0.05, 0) is 46.1 Å². The molecule has 11 nitrogen and oxygen atoms in total. The van der Waals surface area contributed by atoms with Gasteiger partial charge in [0, 0.05) is 17.8 Å². The van der Waals surface area contributed by atoms with E-state index in [4.69, 9.17) is 14.0 Å². The van der Waals surface area contributed by atoms with Gasteiger partial charge < -0.3 is 14.0 Å². The highest BCUT2D eigenvalue weighted by molar-refractivity contribution is 5.94. The van der Waals surface area contributed by atoms with Crippen LogP contribution in [0, 0.1) is 0 Å². The van der Waals surface area contributed by atoms with Crippen LogP contribution in [0.25, 0.3) is 22.6 Å². The maximum absolute atomic E-state index is 12.5. The van der Waals surface area contributed by atoms with Crippen molar-refractivity contribution in [1.82, 2.24) is 30.3 Å². The van der Waals surface area contributed by atoms with Gasteiger partial charge in [-0.3, -0.25) is 9.88 Å². The van der Waals surface area contributed by atoms with Gasteiger partial charge >= 0.3 is 6.09 Å². The van der Waals surface area contributed by atoms with Crippen LogP contribution >= 0.6 is 0 Å². The normalized spacial score (nSPS) is 19.0. The average molecular weight is 431 g/mol. The minimum absolute atomic E-state index is 0.122. The van der Waals surface area contributed by atoms with Gasteiger partial charge in [-0.25, -0.2) is 4.79 Å². The summed E-state index contributed by atoms with van der Waals surface area (Å²) >= 11 is 0. The second-order valence-electron chi connectivity index (χ2n) is 7.59. The second kappa shape index (κ2) is 7.15. The lowest BCUT2D eigenvalue weighted by atomic mass is 10.0. The third-order valence-electron chi connectivity index (χ3n) is 5.62. The van der Waals surface area contributed by atoms with E-state index in [1.54, 1.807) is 24.2 Å². The lowest BCUT2D eigenvalue weighted by Crippen LogP contribution is -2.36. The molecule has 32 heavy (non-hydrogen) atoms. The molecule has 0 spiro atoms. The summed E-state index contributed by atoms with van der Waals surface area (Å²) in [6, 6.07) is 11.3. The number of pyridine rings is 1. The number of hydrogen-bond donors (Lipinski definition) is 0. The molecular weight excluding hydrogens is 414 g/mol. The Bertz CT molecular complexity index is 1290. The molecule has 1 saturated heterocycles. The Labute approximate surface area is 181 Å². The number of aryl methyl sites for hydroxylation is 1. The predicted molar refractivity (Wildman–Crippen MR) is 110 cm³/mol. The minimum atomic E-state index is -0.393. The molecule has 0 bridgehead atoms. The summed E-state index contributed by atoms with van der Waals surface area (Å²) < 4.78 is 15.9. The highest BCUT2D eigenvalue weighted by Gasteiger charge is 2.47. The molecule has 2 atom stereocenters. The number of anilines is 1. The largest absolute Gasteiger partial charge is 0.471 e. The Morgan fingerprint density at radius 1 is 1.19 bits per heavy atom. The predicted octanol–water partition coefficient (Wildman–Crippen LogP) is 2.26. The van der Waals surface area contributed by atoms with Crippen molar-refractivity contribution in [3.05, 3.63) is 54.4 Å². The number of fused-ring (bicyclic) bond motifs is 3. The highest BCUT2D eigenvalue weighted by atomic mass is 16.6. The zero-order chi connectivity index (χ0) is 21.7. The van der Waals surface area contributed by atoms with E-state index in [0.29, 0.717) is 23.8 Å². The molecule has 0 radical (unpaired) electrons. The number of nitrogens with zero attached hydrogens (tertiary/aromatic N) is 7. The Kier molecular flexibility index (Phi) is 4.13. The minimum Gasteiger partial charge on any atom is -0.471 e. The van der Waals surface area contributed by atoms with Crippen LogP contribution in [0.4, 0.5) is 10.5 Å². The molecule has 2 aliphatic rings. The van der Waals surface area contributed by atoms with Crippen molar-refractivity contribution in [3.63, 3.8) is 0 Å². The Morgan fingerprint density at radius 2 is 2.09 bits per heavy atom. The number of hydrogen-bond acceptors (Lipinski definition) is 9. The fourth-order valence-corrected chi connectivity index (χ4v) is 4.13. The monoisotopic (exact) mass is 431 g/mol. The fraction of sp³-hybridized carbons (Fsp3) is 0.238. The molecule has 0 aliphatic carbocycles. The van der Waals surface area contributed by atoms with E-state index in [2.05, 4.69) is 31.6 Å². The van der Waals surface area contributed by atoms with Crippen LogP contribution in [0.5, 0.6) is 5.88 Å². The summed E-state index contributed by atoms with van der Waals surface area (Å²) in [4.78, 5) is 20.1. The van der Waals surface area contributed by atoms with Crippen molar-refractivity contribution in [1.29, 1.82) is 0 Å². The molecular formula is C21H17N7O4. The van der Waals surface area contributed by atoms with Crippen LogP contribution in [-0.4, -0.2) is 55.2 Å². The van der Waals surface area contributed by atoms with Crippen molar-refractivity contribution in [2.24, 2.45) is 7.05 Å². The highest BCUT2D eigenvalue weighted by Crippen LogP contribution is 2.40. The van der Waals surface area contributed by atoms with E-state index < -0.39 is 6.10 Å². The van der Waals surface area contributed by atoms with E-state index in [1.165, 1.54) is 11.1 Å². The van der Waals surface area contributed by atoms with Crippen LogP contribution in [0.1, 0.15) is 5.56 Å². The standard InChI is InChI=1S/C21H17N7O4/c1-27-24-20(23-26-27)15-4-2-13(10-22-15)12-3-5-16-14(8-12)9-17-18(32-21(29)28(16)17)11-30-19-6-7-31-25-19/h2-8,10,17-18H,9,11H2,1H3/t17?,18-/m0/s1.